The zero-order valence-corrected chi connectivity index (χ0v) is 12.0. The van der Waals surface area contributed by atoms with Crippen molar-refractivity contribution >= 4 is 0 Å². The molecule has 0 saturated heterocycles. The van der Waals surface area contributed by atoms with Crippen LogP contribution in [0.4, 0.5) is 0 Å². The molecular weight excluding hydrogens is 252 g/mol. The Hall–Kier alpha value is -1.81. The Morgan fingerprint density at radius 3 is 3.15 bits per heavy atom. The number of ether oxygens (including phenoxy) is 1. The molecule has 0 amide bonds. The molecule has 106 valence electrons. The second-order valence-electron chi connectivity index (χ2n) is 5.16. The number of aromatic nitrogens is 1. The van der Waals surface area contributed by atoms with Gasteiger partial charge in [-0.2, -0.15) is 0 Å². The Morgan fingerprint density at radius 2 is 2.30 bits per heavy atom. The van der Waals surface area contributed by atoms with E-state index in [1.165, 1.54) is 5.56 Å². The van der Waals surface area contributed by atoms with Gasteiger partial charge >= 0.3 is 0 Å². The predicted molar refractivity (Wildman–Crippen MR) is 77.8 cm³/mol. The third-order valence-corrected chi connectivity index (χ3v) is 3.57. The van der Waals surface area contributed by atoms with Gasteiger partial charge in [-0.25, -0.2) is 4.98 Å². The highest BCUT2D eigenvalue weighted by atomic mass is 16.5. The van der Waals surface area contributed by atoms with Gasteiger partial charge in [-0.1, -0.05) is 6.92 Å². The Morgan fingerprint density at radius 1 is 1.40 bits per heavy atom. The first-order chi connectivity index (χ1) is 9.78. The second kappa shape index (κ2) is 5.67. The largest absolute Gasteiger partial charge is 0.493 e. The summed E-state index contributed by atoms with van der Waals surface area (Å²) in [5.41, 5.74) is 2.31. The first-order valence-corrected chi connectivity index (χ1v) is 7.23. The van der Waals surface area contributed by atoms with Gasteiger partial charge in [0.15, 0.2) is 5.76 Å². The zero-order valence-electron chi connectivity index (χ0n) is 12.0. The van der Waals surface area contributed by atoms with Gasteiger partial charge in [0.2, 0.25) is 5.89 Å². The molecule has 0 bridgehead atoms. The Bertz CT molecular complexity index is 592. The monoisotopic (exact) mass is 272 g/mol. The minimum Gasteiger partial charge on any atom is -0.493 e. The van der Waals surface area contributed by atoms with Crippen LogP contribution in [0.1, 0.15) is 37.8 Å². The lowest BCUT2D eigenvalue weighted by molar-refractivity contribution is 0.357. The van der Waals surface area contributed by atoms with Crippen LogP contribution < -0.4 is 10.1 Å². The van der Waals surface area contributed by atoms with E-state index in [1.54, 1.807) is 6.20 Å². The molecule has 20 heavy (non-hydrogen) atoms. The predicted octanol–water partition coefficient (Wildman–Crippen LogP) is 3.34. The van der Waals surface area contributed by atoms with Crippen molar-refractivity contribution in [2.45, 2.75) is 32.7 Å². The highest BCUT2D eigenvalue weighted by molar-refractivity contribution is 5.60. The van der Waals surface area contributed by atoms with Gasteiger partial charge < -0.3 is 14.5 Å². The van der Waals surface area contributed by atoms with Crippen LogP contribution in [-0.2, 0) is 6.42 Å². The van der Waals surface area contributed by atoms with Crippen molar-refractivity contribution < 1.29 is 9.15 Å². The molecule has 1 atom stereocenters. The summed E-state index contributed by atoms with van der Waals surface area (Å²) < 4.78 is 11.4. The van der Waals surface area contributed by atoms with E-state index < -0.39 is 0 Å². The lowest BCUT2D eigenvalue weighted by Gasteiger charge is -2.08. The molecule has 1 aliphatic heterocycles. The summed E-state index contributed by atoms with van der Waals surface area (Å²) in [5, 5.41) is 3.38. The van der Waals surface area contributed by atoms with E-state index in [-0.39, 0.29) is 6.04 Å². The quantitative estimate of drug-likeness (QED) is 0.907. The van der Waals surface area contributed by atoms with Crippen LogP contribution in [0.5, 0.6) is 5.75 Å². The summed E-state index contributed by atoms with van der Waals surface area (Å²) >= 11 is 0. The first-order valence-electron chi connectivity index (χ1n) is 7.23. The molecule has 3 rings (SSSR count). The average molecular weight is 272 g/mol. The van der Waals surface area contributed by atoms with Crippen molar-refractivity contribution in [3.63, 3.8) is 0 Å². The fraction of sp³-hybridized carbons (Fsp3) is 0.438. The highest BCUT2D eigenvalue weighted by Gasteiger charge is 2.16. The number of benzene rings is 1. The maximum Gasteiger partial charge on any atom is 0.211 e. The molecule has 0 fully saturated rings. The van der Waals surface area contributed by atoms with E-state index in [4.69, 9.17) is 9.15 Å². The van der Waals surface area contributed by atoms with Gasteiger partial charge in [0.25, 0.3) is 0 Å². The van der Waals surface area contributed by atoms with Gasteiger partial charge in [-0.3, -0.25) is 0 Å². The van der Waals surface area contributed by atoms with E-state index in [1.807, 2.05) is 12.1 Å². The molecule has 1 aliphatic rings. The van der Waals surface area contributed by atoms with Gasteiger partial charge in [0.1, 0.15) is 5.75 Å². The molecule has 4 heteroatoms. The van der Waals surface area contributed by atoms with Crippen molar-refractivity contribution in [2.75, 3.05) is 13.2 Å². The van der Waals surface area contributed by atoms with Gasteiger partial charge in [-0.05, 0) is 43.7 Å². The Labute approximate surface area is 119 Å². The normalized spacial score (nSPS) is 14.9. The summed E-state index contributed by atoms with van der Waals surface area (Å²) in [4.78, 5) is 4.38. The lowest BCUT2D eigenvalue weighted by atomic mass is 10.1. The van der Waals surface area contributed by atoms with E-state index in [0.29, 0.717) is 0 Å². The maximum atomic E-state index is 5.87. The van der Waals surface area contributed by atoms with Crippen LogP contribution in [0.15, 0.2) is 28.8 Å². The Kier molecular flexibility index (Phi) is 3.74. The van der Waals surface area contributed by atoms with E-state index in [0.717, 1.165) is 49.0 Å². The molecule has 1 aromatic heterocycles. The molecule has 2 heterocycles. The van der Waals surface area contributed by atoms with Crippen LogP contribution in [0.2, 0.25) is 0 Å². The molecular formula is C16H20N2O2. The van der Waals surface area contributed by atoms with Crippen LogP contribution >= 0.6 is 0 Å². The van der Waals surface area contributed by atoms with Crippen LogP contribution in [-0.4, -0.2) is 18.1 Å². The molecule has 4 nitrogen and oxygen atoms in total. The van der Waals surface area contributed by atoms with Gasteiger partial charge in [0.05, 0.1) is 18.8 Å². The van der Waals surface area contributed by atoms with Gasteiger partial charge in [-0.15, -0.1) is 0 Å². The summed E-state index contributed by atoms with van der Waals surface area (Å²) in [7, 11) is 0. The molecule has 2 aromatic rings. The van der Waals surface area contributed by atoms with Crippen molar-refractivity contribution in [1.29, 1.82) is 0 Å². The minimum absolute atomic E-state index is 0.140. The number of rotatable bonds is 5. The molecule has 1 aromatic carbocycles. The van der Waals surface area contributed by atoms with Crippen molar-refractivity contribution in [3.8, 4) is 17.1 Å². The number of nitrogens with zero attached hydrogens (tertiary/aromatic N) is 1. The molecule has 0 aliphatic carbocycles. The fourth-order valence-corrected chi connectivity index (χ4v) is 2.41. The third-order valence-electron chi connectivity index (χ3n) is 3.57. The van der Waals surface area contributed by atoms with Crippen molar-refractivity contribution in [3.05, 3.63) is 35.9 Å². The number of fused-ring (bicyclic) bond motifs is 1. The number of nitrogens with one attached hydrogen (secondary N) is 1. The Balaban J connectivity index is 1.79. The van der Waals surface area contributed by atoms with Crippen LogP contribution in [0.3, 0.4) is 0 Å². The van der Waals surface area contributed by atoms with Crippen LogP contribution in [0.25, 0.3) is 11.3 Å². The fourth-order valence-electron chi connectivity index (χ4n) is 2.41. The van der Waals surface area contributed by atoms with Crippen molar-refractivity contribution in [1.82, 2.24) is 10.3 Å². The van der Waals surface area contributed by atoms with E-state index >= 15 is 0 Å². The molecule has 1 N–H and O–H groups in total. The average Bonchev–Trinajstić information content (AvgIpc) is 3.12. The van der Waals surface area contributed by atoms with Crippen LogP contribution in [0, 0.1) is 0 Å². The standard InChI is InChI=1S/C16H20N2O2/c1-3-7-17-11(2)16-18-10-15(20-16)12-4-5-14-13(9-12)6-8-19-14/h4-5,9-11,17H,3,6-8H2,1-2H3. The summed E-state index contributed by atoms with van der Waals surface area (Å²) in [5.74, 6) is 2.55. The molecule has 0 saturated carbocycles. The highest BCUT2D eigenvalue weighted by Crippen LogP contribution is 2.31. The summed E-state index contributed by atoms with van der Waals surface area (Å²) in [6, 6.07) is 6.31. The topological polar surface area (TPSA) is 47.3 Å². The SMILES string of the molecule is CCCNC(C)c1ncc(-c2ccc3c(c2)CCO3)o1. The summed E-state index contributed by atoms with van der Waals surface area (Å²) in [6.45, 7) is 5.96. The molecule has 1 unspecified atom stereocenters. The van der Waals surface area contributed by atoms with E-state index in [2.05, 4.69) is 30.2 Å². The first kappa shape index (κ1) is 13.2. The second-order valence-corrected chi connectivity index (χ2v) is 5.16. The molecule has 0 spiro atoms. The van der Waals surface area contributed by atoms with Gasteiger partial charge in [0, 0.05) is 12.0 Å². The zero-order chi connectivity index (χ0) is 13.9. The molecule has 0 radical (unpaired) electrons. The third kappa shape index (κ3) is 2.56. The minimum atomic E-state index is 0.140. The van der Waals surface area contributed by atoms with Crippen molar-refractivity contribution in [2.24, 2.45) is 0 Å². The van der Waals surface area contributed by atoms with E-state index in [9.17, 15) is 0 Å². The maximum absolute atomic E-state index is 5.87. The number of hydrogen-bond donors (Lipinski definition) is 1. The number of hydrogen-bond acceptors (Lipinski definition) is 4. The smallest absolute Gasteiger partial charge is 0.211 e. The number of oxazole rings is 1. The lowest BCUT2D eigenvalue weighted by Crippen LogP contribution is -2.19. The summed E-state index contributed by atoms with van der Waals surface area (Å²) in [6.07, 6.45) is 3.87.